The van der Waals surface area contributed by atoms with Crippen molar-refractivity contribution < 1.29 is 9.53 Å². The van der Waals surface area contributed by atoms with Gasteiger partial charge in [0, 0.05) is 19.0 Å². The van der Waals surface area contributed by atoms with Crippen LogP contribution in [0.1, 0.15) is 6.42 Å². The average Bonchev–Trinajstić information content (AvgIpc) is 2.03. The van der Waals surface area contributed by atoms with Crippen molar-refractivity contribution >= 4 is 6.09 Å². The van der Waals surface area contributed by atoms with Gasteiger partial charge in [0.05, 0.1) is 0 Å². The van der Waals surface area contributed by atoms with E-state index in [1.54, 1.807) is 0 Å². The predicted molar refractivity (Wildman–Crippen MR) is 43.9 cm³/mol. The van der Waals surface area contributed by atoms with Crippen molar-refractivity contribution in [2.45, 2.75) is 12.5 Å². The zero-order valence-corrected chi connectivity index (χ0v) is 7.25. The van der Waals surface area contributed by atoms with E-state index in [0.29, 0.717) is 5.92 Å². The Hall–Kier alpha value is -0.770. The van der Waals surface area contributed by atoms with Gasteiger partial charge in [0.25, 0.3) is 0 Å². The lowest BCUT2D eigenvalue weighted by Gasteiger charge is -2.38. The number of ether oxygens (including phenoxy) is 1. The molecule has 1 amide bonds. The van der Waals surface area contributed by atoms with Crippen molar-refractivity contribution in [1.82, 2.24) is 10.2 Å². The van der Waals surface area contributed by atoms with Crippen LogP contribution in [0, 0.1) is 5.92 Å². The molecule has 0 aromatic heterocycles. The summed E-state index contributed by atoms with van der Waals surface area (Å²) in [6, 6.07) is 0. The van der Waals surface area contributed by atoms with Gasteiger partial charge in [0.15, 0.2) is 0 Å². The number of carbonyl (C=O) groups excluding carboxylic acids is 1. The van der Waals surface area contributed by atoms with Crippen LogP contribution in [0.3, 0.4) is 0 Å². The third-order valence-electron chi connectivity index (χ3n) is 2.67. The van der Waals surface area contributed by atoms with Crippen LogP contribution in [0.4, 0.5) is 4.79 Å². The molecule has 68 valence electrons. The molecule has 0 aromatic carbocycles. The molecule has 2 fully saturated rings. The van der Waals surface area contributed by atoms with Gasteiger partial charge < -0.3 is 15.0 Å². The molecular formula is C8H14N2O2. The molecule has 0 bridgehead atoms. The van der Waals surface area contributed by atoms with E-state index < -0.39 is 0 Å². The number of likely N-dealkylation sites (N-methyl/N-ethyl adjacent to an activating group) is 1. The maximum atomic E-state index is 10.9. The lowest BCUT2D eigenvalue weighted by molar-refractivity contribution is -0.00808. The van der Waals surface area contributed by atoms with Crippen LogP contribution >= 0.6 is 0 Å². The van der Waals surface area contributed by atoms with Crippen molar-refractivity contribution in [3.63, 3.8) is 0 Å². The van der Waals surface area contributed by atoms with E-state index in [9.17, 15) is 4.79 Å². The molecule has 0 aromatic rings. The average molecular weight is 170 g/mol. The minimum atomic E-state index is -0.258. The van der Waals surface area contributed by atoms with Crippen LogP contribution in [0.2, 0.25) is 0 Å². The van der Waals surface area contributed by atoms with Gasteiger partial charge in [-0.15, -0.1) is 0 Å². The number of nitrogens with zero attached hydrogens (tertiary/aromatic N) is 1. The highest BCUT2D eigenvalue weighted by atomic mass is 16.6. The molecule has 12 heavy (non-hydrogen) atoms. The molecule has 1 unspecified atom stereocenters. The zero-order valence-electron chi connectivity index (χ0n) is 7.25. The van der Waals surface area contributed by atoms with Crippen LogP contribution in [-0.2, 0) is 4.74 Å². The zero-order chi connectivity index (χ0) is 8.55. The van der Waals surface area contributed by atoms with Gasteiger partial charge in [-0.25, -0.2) is 4.79 Å². The molecule has 2 atom stereocenters. The van der Waals surface area contributed by atoms with Crippen LogP contribution in [0.25, 0.3) is 0 Å². The Bertz CT molecular complexity index is 195. The molecule has 2 aliphatic rings. The fourth-order valence-corrected chi connectivity index (χ4v) is 1.88. The highest BCUT2D eigenvalue weighted by molar-refractivity contribution is 5.68. The van der Waals surface area contributed by atoms with Crippen LogP contribution in [0.5, 0.6) is 0 Å². The van der Waals surface area contributed by atoms with Crippen LogP contribution < -0.4 is 5.32 Å². The van der Waals surface area contributed by atoms with E-state index in [4.69, 9.17) is 4.74 Å². The lowest BCUT2D eigenvalue weighted by atomic mass is 9.93. The Morgan fingerprint density at radius 2 is 2.50 bits per heavy atom. The van der Waals surface area contributed by atoms with Gasteiger partial charge >= 0.3 is 6.09 Å². The van der Waals surface area contributed by atoms with E-state index in [1.165, 1.54) is 0 Å². The van der Waals surface area contributed by atoms with Gasteiger partial charge in [-0.1, -0.05) is 0 Å². The van der Waals surface area contributed by atoms with Crippen LogP contribution in [0.15, 0.2) is 0 Å². The Balaban J connectivity index is 1.99. The predicted octanol–water partition coefficient (Wildman–Crippen LogP) is 0.0465. The number of hydrogen-bond donors (Lipinski definition) is 1. The van der Waals surface area contributed by atoms with Crippen molar-refractivity contribution in [2.24, 2.45) is 5.92 Å². The number of rotatable bonds is 0. The van der Waals surface area contributed by atoms with Gasteiger partial charge in [0.1, 0.15) is 6.10 Å². The Kier molecular flexibility index (Phi) is 1.92. The highest BCUT2D eigenvalue weighted by Crippen LogP contribution is 2.21. The Morgan fingerprint density at radius 1 is 1.67 bits per heavy atom. The minimum absolute atomic E-state index is 0.123. The molecule has 2 rings (SSSR count). The third-order valence-corrected chi connectivity index (χ3v) is 2.67. The molecule has 0 spiro atoms. The second-order valence-electron chi connectivity index (χ2n) is 3.64. The number of piperidine rings is 1. The van der Waals surface area contributed by atoms with E-state index in [2.05, 4.69) is 17.3 Å². The van der Waals surface area contributed by atoms with E-state index >= 15 is 0 Å². The summed E-state index contributed by atoms with van der Waals surface area (Å²) in [5.41, 5.74) is 0. The Labute approximate surface area is 71.9 Å². The SMILES string of the molecule is CN1CCC2CNC(=O)O[C@@H]2C1. The summed E-state index contributed by atoms with van der Waals surface area (Å²) in [7, 11) is 2.06. The van der Waals surface area contributed by atoms with Gasteiger partial charge in [0.2, 0.25) is 0 Å². The summed E-state index contributed by atoms with van der Waals surface area (Å²) in [5.74, 6) is 0.527. The monoisotopic (exact) mass is 170 g/mol. The first kappa shape index (κ1) is 7.86. The molecule has 4 nitrogen and oxygen atoms in total. The molecule has 2 saturated heterocycles. The molecule has 0 saturated carbocycles. The second kappa shape index (κ2) is 2.94. The number of likely N-dealkylation sites (tertiary alicyclic amines) is 1. The maximum Gasteiger partial charge on any atom is 0.407 e. The Morgan fingerprint density at radius 3 is 3.33 bits per heavy atom. The fraction of sp³-hybridized carbons (Fsp3) is 0.875. The molecular weight excluding hydrogens is 156 g/mol. The normalized spacial score (nSPS) is 36.6. The summed E-state index contributed by atoms with van der Waals surface area (Å²) in [4.78, 5) is 13.1. The van der Waals surface area contributed by atoms with E-state index in [1.807, 2.05) is 0 Å². The van der Waals surface area contributed by atoms with Crippen molar-refractivity contribution in [3.8, 4) is 0 Å². The topological polar surface area (TPSA) is 41.6 Å². The van der Waals surface area contributed by atoms with Crippen molar-refractivity contribution in [1.29, 1.82) is 0 Å². The first-order valence-electron chi connectivity index (χ1n) is 4.39. The number of fused-ring (bicyclic) bond motifs is 1. The standard InChI is InChI=1S/C8H14N2O2/c1-10-3-2-6-4-9-8(11)12-7(6)5-10/h6-7H,2-5H2,1H3,(H,9,11)/t6?,7-/m1/s1. The highest BCUT2D eigenvalue weighted by Gasteiger charge is 2.34. The number of nitrogens with one attached hydrogen (secondary N) is 1. The molecule has 0 radical (unpaired) electrons. The van der Waals surface area contributed by atoms with E-state index in [0.717, 1.165) is 26.1 Å². The summed E-state index contributed by atoms with van der Waals surface area (Å²) in [6.45, 7) is 2.79. The summed E-state index contributed by atoms with van der Waals surface area (Å²) in [6.07, 6.45) is 0.991. The number of alkyl carbamates (subject to hydrolysis) is 1. The molecule has 2 heterocycles. The first-order valence-corrected chi connectivity index (χ1v) is 4.39. The molecule has 2 aliphatic heterocycles. The minimum Gasteiger partial charge on any atom is -0.445 e. The second-order valence-corrected chi connectivity index (χ2v) is 3.64. The molecule has 0 aliphatic carbocycles. The van der Waals surface area contributed by atoms with Crippen molar-refractivity contribution in [3.05, 3.63) is 0 Å². The molecule has 1 N–H and O–H groups in total. The van der Waals surface area contributed by atoms with E-state index in [-0.39, 0.29) is 12.2 Å². The van der Waals surface area contributed by atoms with Gasteiger partial charge in [-0.05, 0) is 20.0 Å². The van der Waals surface area contributed by atoms with Crippen molar-refractivity contribution in [2.75, 3.05) is 26.7 Å². The van der Waals surface area contributed by atoms with Gasteiger partial charge in [-0.2, -0.15) is 0 Å². The quantitative estimate of drug-likeness (QED) is 0.558. The number of carbonyl (C=O) groups is 1. The van der Waals surface area contributed by atoms with Crippen LogP contribution in [-0.4, -0.2) is 43.8 Å². The maximum absolute atomic E-state index is 10.9. The summed E-state index contributed by atoms with van der Waals surface area (Å²) < 4.78 is 5.17. The lowest BCUT2D eigenvalue weighted by Crippen LogP contribution is -2.53. The summed E-state index contributed by atoms with van der Waals surface area (Å²) >= 11 is 0. The largest absolute Gasteiger partial charge is 0.445 e. The fourth-order valence-electron chi connectivity index (χ4n) is 1.88. The summed E-state index contributed by atoms with van der Waals surface area (Å²) in [5, 5.41) is 2.72. The first-order chi connectivity index (χ1) is 5.75. The number of amides is 1. The number of hydrogen-bond acceptors (Lipinski definition) is 3. The third kappa shape index (κ3) is 1.39. The smallest absolute Gasteiger partial charge is 0.407 e. The van der Waals surface area contributed by atoms with Gasteiger partial charge in [-0.3, -0.25) is 0 Å². The molecule has 4 heteroatoms.